The Balaban J connectivity index is 2.06. The molecule has 20 heavy (non-hydrogen) atoms. The summed E-state index contributed by atoms with van der Waals surface area (Å²) in [6.07, 6.45) is 2.49. The first-order valence-electron chi connectivity index (χ1n) is 7.27. The molecule has 0 fully saturated rings. The minimum Gasteiger partial charge on any atom is -0.385 e. The lowest BCUT2D eigenvalue weighted by Gasteiger charge is -2.24. The lowest BCUT2D eigenvalue weighted by atomic mass is 9.91. The second kappa shape index (κ2) is 6.33. The number of aliphatic hydroxyl groups is 1. The fraction of sp³-hybridized carbons (Fsp3) is 0.471. The van der Waals surface area contributed by atoms with Gasteiger partial charge < -0.3 is 10.4 Å². The van der Waals surface area contributed by atoms with E-state index >= 15 is 0 Å². The van der Waals surface area contributed by atoms with Crippen LogP contribution < -0.4 is 5.32 Å². The molecule has 2 rings (SSSR count). The third kappa shape index (κ3) is 3.78. The van der Waals surface area contributed by atoms with E-state index in [1.807, 2.05) is 37.3 Å². The number of fused-ring (bicyclic) bond motifs is 1. The monoisotopic (exact) mass is 272 g/mol. The van der Waals surface area contributed by atoms with Crippen LogP contribution in [-0.4, -0.2) is 23.2 Å². The molecule has 0 bridgehead atoms. The highest BCUT2D eigenvalue weighted by atomic mass is 16.3. The van der Waals surface area contributed by atoms with Crippen LogP contribution in [0.5, 0.6) is 0 Å². The minimum atomic E-state index is -0.811. The van der Waals surface area contributed by atoms with Crippen molar-refractivity contribution in [3.8, 4) is 0 Å². The average Bonchev–Trinajstić information content (AvgIpc) is 2.43. The van der Waals surface area contributed by atoms with Gasteiger partial charge in [0.15, 0.2) is 0 Å². The molecule has 3 heteroatoms. The number of benzene rings is 1. The highest BCUT2D eigenvalue weighted by Crippen LogP contribution is 2.26. The number of nitrogens with one attached hydrogen (secondary N) is 1. The number of hydrogen-bond donors (Lipinski definition) is 2. The van der Waals surface area contributed by atoms with Gasteiger partial charge in [-0.15, -0.1) is 0 Å². The smallest absolute Gasteiger partial charge is 0.0880 e. The van der Waals surface area contributed by atoms with Crippen molar-refractivity contribution in [2.45, 2.75) is 32.8 Å². The molecule has 3 nitrogen and oxygen atoms in total. The molecule has 2 aromatic rings. The van der Waals surface area contributed by atoms with Crippen LogP contribution in [0.25, 0.3) is 10.9 Å². The predicted octanol–water partition coefficient (Wildman–Crippen LogP) is 3.08. The number of nitrogens with zero attached hydrogens (tertiary/aromatic N) is 1. The van der Waals surface area contributed by atoms with Gasteiger partial charge in [0.2, 0.25) is 0 Å². The molecule has 0 aliphatic heterocycles. The summed E-state index contributed by atoms with van der Waals surface area (Å²) in [4.78, 5) is 4.31. The van der Waals surface area contributed by atoms with E-state index in [9.17, 15) is 5.11 Å². The fourth-order valence-corrected chi connectivity index (χ4v) is 2.28. The maximum absolute atomic E-state index is 10.7. The summed E-state index contributed by atoms with van der Waals surface area (Å²) >= 11 is 0. The molecule has 0 saturated heterocycles. The van der Waals surface area contributed by atoms with Crippen molar-refractivity contribution in [2.75, 3.05) is 13.1 Å². The van der Waals surface area contributed by atoms with Crippen molar-refractivity contribution < 1.29 is 5.11 Å². The van der Waals surface area contributed by atoms with E-state index in [0.717, 1.165) is 29.6 Å². The summed E-state index contributed by atoms with van der Waals surface area (Å²) in [5.41, 5.74) is 1.10. The standard InChI is InChI=1S/C17H24N2O/c1-13(2)12-18-10-8-17(3,20)15-6-7-16-14(11-15)5-4-9-19-16/h4-7,9,11,13,18,20H,8,10,12H2,1-3H3. The van der Waals surface area contributed by atoms with Gasteiger partial charge in [-0.25, -0.2) is 0 Å². The van der Waals surface area contributed by atoms with E-state index in [-0.39, 0.29) is 0 Å². The number of aromatic nitrogens is 1. The maximum atomic E-state index is 10.7. The van der Waals surface area contributed by atoms with Crippen LogP contribution in [0.1, 0.15) is 32.8 Å². The molecule has 1 unspecified atom stereocenters. The number of hydrogen-bond acceptors (Lipinski definition) is 3. The van der Waals surface area contributed by atoms with Gasteiger partial charge in [0.05, 0.1) is 11.1 Å². The van der Waals surface area contributed by atoms with Crippen molar-refractivity contribution in [1.29, 1.82) is 0 Å². The molecule has 0 spiro atoms. The van der Waals surface area contributed by atoms with Gasteiger partial charge in [-0.05, 0) is 56.1 Å². The molecule has 0 radical (unpaired) electrons. The number of rotatable bonds is 6. The summed E-state index contributed by atoms with van der Waals surface area (Å²) in [5.74, 6) is 0.631. The normalized spacial score (nSPS) is 14.7. The van der Waals surface area contributed by atoms with Gasteiger partial charge in [-0.1, -0.05) is 26.0 Å². The molecule has 0 saturated carbocycles. The third-order valence-corrected chi connectivity index (χ3v) is 3.57. The minimum absolute atomic E-state index is 0.631. The van der Waals surface area contributed by atoms with Crippen LogP contribution in [0.4, 0.5) is 0 Å². The van der Waals surface area contributed by atoms with E-state index in [4.69, 9.17) is 0 Å². The number of pyridine rings is 1. The van der Waals surface area contributed by atoms with E-state index in [0.29, 0.717) is 12.3 Å². The first-order valence-corrected chi connectivity index (χ1v) is 7.27. The van der Waals surface area contributed by atoms with Crippen molar-refractivity contribution >= 4 is 10.9 Å². The second-order valence-corrected chi connectivity index (χ2v) is 6.03. The lowest BCUT2D eigenvalue weighted by Crippen LogP contribution is -2.29. The zero-order valence-corrected chi connectivity index (χ0v) is 12.6. The molecule has 0 aliphatic carbocycles. The summed E-state index contributed by atoms with van der Waals surface area (Å²) in [5, 5.41) is 15.1. The van der Waals surface area contributed by atoms with Crippen LogP contribution in [0.3, 0.4) is 0 Å². The van der Waals surface area contributed by atoms with Crippen molar-refractivity contribution in [3.05, 3.63) is 42.1 Å². The zero-order valence-electron chi connectivity index (χ0n) is 12.6. The van der Waals surface area contributed by atoms with E-state index in [2.05, 4.69) is 24.1 Å². The molecule has 1 aromatic carbocycles. The molecule has 1 atom stereocenters. The van der Waals surface area contributed by atoms with Crippen molar-refractivity contribution in [1.82, 2.24) is 10.3 Å². The van der Waals surface area contributed by atoms with Crippen LogP contribution in [0.15, 0.2) is 36.5 Å². The Morgan fingerprint density at radius 3 is 2.85 bits per heavy atom. The van der Waals surface area contributed by atoms with E-state index in [1.165, 1.54) is 0 Å². The lowest BCUT2D eigenvalue weighted by molar-refractivity contribution is 0.0480. The van der Waals surface area contributed by atoms with E-state index in [1.54, 1.807) is 6.20 Å². The second-order valence-electron chi connectivity index (χ2n) is 6.03. The largest absolute Gasteiger partial charge is 0.385 e. The first kappa shape index (κ1) is 14.9. The van der Waals surface area contributed by atoms with Gasteiger partial charge in [-0.3, -0.25) is 4.98 Å². The maximum Gasteiger partial charge on any atom is 0.0880 e. The Kier molecular flexibility index (Phi) is 4.73. The molecular formula is C17H24N2O. The van der Waals surface area contributed by atoms with Crippen LogP contribution >= 0.6 is 0 Å². The Hall–Kier alpha value is -1.45. The molecule has 0 aliphatic rings. The van der Waals surface area contributed by atoms with Gasteiger partial charge in [0.1, 0.15) is 0 Å². The zero-order chi connectivity index (χ0) is 14.6. The van der Waals surface area contributed by atoms with Crippen LogP contribution in [0.2, 0.25) is 0 Å². The molecule has 108 valence electrons. The van der Waals surface area contributed by atoms with Crippen LogP contribution in [0, 0.1) is 5.92 Å². The highest BCUT2D eigenvalue weighted by Gasteiger charge is 2.22. The molecule has 0 amide bonds. The fourth-order valence-electron chi connectivity index (χ4n) is 2.28. The Bertz CT molecular complexity index is 564. The third-order valence-electron chi connectivity index (χ3n) is 3.57. The first-order chi connectivity index (χ1) is 9.49. The van der Waals surface area contributed by atoms with E-state index < -0.39 is 5.60 Å². The molecule has 2 N–H and O–H groups in total. The van der Waals surface area contributed by atoms with Gasteiger partial charge >= 0.3 is 0 Å². The summed E-state index contributed by atoms with van der Waals surface area (Å²) in [6.45, 7) is 8.04. The topological polar surface area (TPSA) is 45.1 Å². The Labute approximate surface area is 121 Å². The molecule has 1 aromatic heterocycles. The average molecular weight is 272 g/mol. The summed E-state index contributed by atoms with van der Waals surface area (Å²) in [7, 11) is 0. The van der Waals surface area contributed by atoms with Gasteiger partial charge in [0.25, 0.3) is 0 Å². The SMILES string of the molecule is CC(C)CNCCC(C)(O)c1ccc2ncccc2c1. The highest BCUT2D eigenvalue weighted by molar-refractivity contribution is 5.79. The Morgan fingerprint density at radius 1 is 1.30 bits per heavy atom. The van der Waals surface area contributed by atoms with Crippen LogP contribution in [-0.2, 0) is 5.60 Å². The molecule has 1 heterocycles. The summed E-state index contributed by atoms with van der Waals surface area (Å²) in [6, 6.07) is 9.92. The predicted molar refractivity (Wildman–Crippen MR) is 83.6 cm³/mol. The summed E-state index contributed by atoms with van der Waals surface area (Å²) < 4.78 is 0. The Morgan fingerprint density at radius 2 is 2.10 bits per heavy atom. The van der Waals surface area contributed by atoms with Gasteiger partial charge in [-0.2, -0.15) is 0 Å². The van der Waals surface area contributed by atoms with Crippen molar-refractivity contribution in [2.24, 2.45) is 5.92 Å². The van der Waals surface area contributed by atoms with Gasteiger partial charge in [0, 0.05) is 11.6 Å². The van der Waals surface area contributed by atoms with Crippen molar-refractivity contribution in [3.63, 3.8) is 0 Å². The molecular weight excluding hydrogens is 248 g/mol. The quantitative estimate of drug-likeness (QED) is 0.794.